The molecule has 1 aromatic carbocycles. The molecular weight excluding hydrogens is 286 g/mol. The molecule has 1 aromatic heterocycles. The van der Waals surface area contributed by atoms with E-state index in [1.807, 2.05) is 23.6 Å². The molecule has 5 heteroatoms. The number of methoxy groups -OCH3 is 1. The van der Waals surface area contributed by atoms with E-state index >= 15 is 0 Å². The van der Waals surface area contributed by atoms with Gasteiger partial charge in [0.25, 0.3) is 0 Å². The van der Waals surface area contributed by atoms with Crippen LogP contribution in [0.25, 0.3) is 6.08 Å². The fourth-order valence-electron chi connectivity index (χ4n) is 1.73. The molecule has 0 fully saturated rings. The maximum Gasteiger partial charge on any atom is 0.309 e. The van der Waals surface area contributed by atoms with Gasteiger partial charge in [-0.05, 0) is 35.2 Å². The van der Waals surface area contributed by atoms with Gasteiger partial charge in [0, 0.05) is 16.6 Å². The van der Waals surface area contributed by atoms with Crippen molar-refractivity contribution in [2.75, 3.05) is 12.4 Å². The van der Waals surface area contributed by atoms with Crippen molar-refractivity contribution in [2.45, 2.75) is 6.42 Å². The molecule has 0 radical (unpaired) electrons. The summed E-state index contributed by atoms with van der Waals surface area (Å²) in [5.41, 5.74) is 1.44. The Morgan fingerprint density at radius 2 is 2.14 bits per heavy atom. The van der Waals surface area contributed by atoms with E-state index < -0.39 is 0 Å². The molecule has 2 rings (SSSR count). The summed E-state index contributed by atoms with van der Waals surface area (Å²) in [5, 5.41) is 4.72. The van der Waals surface area contributed by atoms with Gasteiger partial charge < -0.3 is 10.1 Å². The van der Waals surface area contributed by atoms with Crippen LogP contribution >= 0.6 is 11.3 Å². The molecular formula is C16H15NO3S. The fraction of sp³-hybridized carbons (Fsp3) is 0.125. The van der Waals surface area contributed by atoms with Crippen LogP contribution in [0.3, 0.4) is 0 Å². The third-order valence-electron chi connectivity index (χ3n) is 2.71. The van der Waals surface area contributed by atoms with Crippen LogP contribution in [0.2, 0.25) is 0 Å². The van der Waals surface area contributed by atoms with Crippen molar-refractivity contribution in [3.05, 3.63) is 58.3 Å². The second-order valence-electron chi connectivity index (χ2n) is 4.29. The van der Waals surface area contributed by atoms with Crippen molar-refractivity contribution in [1.29, 1.82) is 0 Å². The first-order chi connectivity index (χ1) is 10.2. The summed E-state index contributed by atoms with van der Waals surface area (Å²) in [6.45, 7) is 0. The first-order valence-corrected chi connectivity index (χ1v) is 7.23. The van der Waals surface area contributed by atoms with Crippen molar-refractivity contribution in [3.63, 3.8) is 0 Å². The molecule has 4 nitrogen and oxygen atoms in total. The second-order valence-corrected chi connectivity index (χ2v) is 5.27. The number of hydrogen-bond acceptors (Lipinski definition) is 4. The average Bonchev–Trinajstić information content (AvgIpc) is 2.98. The van der Waals surface area contributed by atoms with Crippen LogP contribution in [-0.4, -0.2) is 19.0 Å². The summed E-state index contributed by atoms with van der Waals surface area (Å²) in [5.74, 6) is -0.519. The number of carbonyl (C=O) groups is 2. The molecule has 0 spiro atoms. The summed E-state index contributed by atoms with van der Waals surface area (Å²) >= 11 is 1.56. The lowest BCUT2D eigenvalue weighted by molar-refractivity contribution is -0.139. The Kier molecular flexibility index (Phi) is 5.29. The quantitative estimate of drug-likeness (QED) is 0.682. The lowest BCUT2D eigenvalue weighted by Crippen LogP contribution is -2.09. The van der Waals surface area contributed by atoms with Gasteiger partial charge in [-0.1, -0.05) is 18.2 Å². The van der Waals surface area contributed by atoms with Crippen LogP contribution in [0.5, 0.6) is 0 Å². The van der Waals surface area contributed by atoms with Crippen molar-refractivity contribution >= 4 is 35.0 Å². The van der Waals surface area contributed by atoms with Gasteiger partial charge in [-0.3, -0.25) is 9.59 Å². The molecule has 1 heterocycles. The molecule has 1 N–H and O–H groups in total. The number of esters is 1. The maximum absolute atomic E-state index is 11.8. The van der Waals surface area contributed by atoms with E-state index in [2.05, 4.69) is 10.1 Å². The van der Waals surface area contributed by atoms with Gasteiger partial charge in [0.05, 0.1) is 13.5 Å². The summed E-state index contributed by atoms with van der Waals surface area (Å²) < 4.78 is 4.62. The Morgan fingerprint density at radius 1 is 1.29 bits per heavy atom. The molecule has 1 amide bonds. The van der Waals surface area contributed by atoms with Crippen molar-refractivity contribution < 1.29 is 14.3 Å². The summed E-state index contributed by atoms with van der Waals surface area (Å²) in [7, 11) is 1.35. The highest BCUT2D eigenvalue weighted by Gasteiger charge is 2.04. The lowest BCUT2D eigenvalue weighted by Gasteiger charge is -2.05. The average molecular weight is 301 g/mol. The first kappa shape index (κ1) is 15.0. The number of thiophene rings is 1. The topological polar surface area (TPSA) is 55.4 Å². The molecule has 0 saturated carbocycles. The molecule has 2 aromatic rings. The standard InChI is InChI=1S/C16H15NO3S/c1-20-16(19)11-12-4-2-5-13(10-12)17-15(18)8-7-14-6-3-9-21-14/h2-10H,11H2,1H3,(H,17,18)/b8-7+. The van der Waals surface area contributed by atoms with Gasteiger partial charge >= 0.3 is 5.97 Å². The van der Waals surface area contributed by atoms with E-state index in [-0.39, 0.29) is 18.3 Å². The molecule has 0 atom stereocenters. The van der Waals surface area contributed by atoms with Crippen LogP contribution in [-0.2, 0) is 20.7 Å². The number of benzene rings is 1. The van der Waals surface area contributed by atoms with Gasteiger partial charge in [0.1, 0.15) is 0 Å². The SMILES string of the molecule is COC(=O)Cc1cccc(NC(=O)/C=C/c2cccs2)c1. The highest BCUT2D eigenvalue weighted by Crippen LogP contribution is 2.13. The Morgan fingerprint density at radius 3 is 2.86 bits per heavy atom. The largest absolute Gasteiger partial charge is 0.469 e. The molecule has 0 bridgehead atoms. The Labute approximate surface area is 127 Å². The number of carbonyl (C=O) groups excluding carboxylic acids is 2. The van der Waals surface area contributed by atoms with Crippen molar-refractivity contribution in [3.8, 4) is 0 Å². The van der Waals surface area contributed by atoms with Crippen LogP contribution in [0, 0.1) is 0 Å². The van der Waals surface area contributed by atoms with Gasteiger partial charge in [-0.2, -0.15) is 0 Å². The van der Waals surface area contributed by atoms with Gasteiger partial charge in [0.15, 0.2) is 0 Å². The van der Waals surface area contributed by atoms with Crippen LogP contribution in [0.1, 0.15) is 10.4 Å². The molecule has 0 aliphatic heterocycles. The maximum atomic E-state index is 11.8. The van der Waals surface area contributed by atoms with E-state index in [0.29, 0.717) is 5.69 Å². The third kappa shape index (κ3) is 4.89. The molecule has 0 aliphatic carbocycles. The Balaban J connectivity index is 1.97. The minimum atomic E-state index is -0.309. The van der Waals surface area contributed by atoms with E-state index in [4.69, 9.17) is 0 Å². The summed E-state index contributed by atoms with van der Waals surface area (Å²) in [6.07, 6.45) is 3.43. The van der Waals surface area contributed by atoms with E-state index in [1.165, 1.54) is 13.2 Å². The van der Waals surface area contributed by atoms with E-state index in [0.717, 1.165) is 10.4 Å². The predicted octanol–water partition coefficient (Wildman–Crippen LogP) is 3.12. The zero-order valence-electron chi connectivity index (χ0n) is 11.5. The molecule has 0 aliphatic rings. The van der Waals surface area contributed by atoms with Crippen LogP contribution in [0.4, 0.5) is 5.69 Å². The molecule has 0 saturated heterocycles. The normalized spacial score (nSPS) is 10.5. The number of rotatable bonds is 5. The van der Waals surface area contributed by atoms with Crippen LogP contribution in [0.15, 0.2) is 47.9 Å². The van der Waals surface area contributed by atoms with Crippen molar-refractivity contribution in [1.82, 2.24) is 0 Å². The predicted molar refractivity (Wildman–Crippen MR) is 84.1 cm³/mol. The minimum Gasteiger partial charge on any atom is -0.469 e. The minimum absolute atomic E-state index is 0.186. The molecule has 0 unspecified atom stereocenters. The highest BCUT2D eigenvalue weighted by molar-refractivity contribution is 7.10. The van der Waals surface area contributed by atoms with E-state index in [9.17, 15) is 9.59 Å². The summed E-state index contributed by atoms with van der Waals surface area (Å²) in [4.78, 5) is 24.1. The third-order valence-corrected chi connectivity index (χ3v) is 3.55. The second kappa shape index (κ2) is 7.40. The monoisotopic (exact) mass is 301 g/mol. The lowest BCUT2D eigenvalue weighted by atomic mass is 10.1. The van der Waals surface area contributed by atoms with Crippen molar-refractivity contribution in [2.24, 2.45) is 0 Å². The van der Waals surface area contributed by atoms with Crippen LogP contribution < -0.4 is 5.32 Å². The van der Waals surface area contributed by atoms with Gasteiger partial charge in [0.2, 0.25) is 5.91 Å². The van der Waals surface area contributed by atoms with E-state index in [1.54, 1.807) is 35.6 Å². The smallest absolute Gasteiger partial charge is 0.309 e. The fourth-order valence-corrected chi connectivity index (χ4v) is 2.34. The number of hydrogen-bond donors (Lipinski definition) is 1. The Hall–Kier alpha value is -2.40. The number of amides is 1. The first-order valence-electron chi connectivity index (χ1n) is 6.35. The zero-order valence-corrected chi connectivity index (χ0v) is 12.4. The number of nitrogens with one attached hydrogen (secondary N) is 1. The highest BCUT2D eigenvalue weighted by atomic mass is 32.1. The summed E-state index contributed by atoms with van der Waals surface area (Å²) in [6, 6.07) is 11.0. The Bertz CT molecular complexity index is 647. The zero-order chi connectivity index (χ0) is 15.1. The molecule has 21 heavy (non-hydrogen) atoms. The number of ether oxygens (including phenoxy) is 1. The van der Waals surface area contributed by atoms with Gasteiger partial charge in [-0.15, -0.1) is 11.3 Å². The van der Waals surface area contributed by atoms with Gasteiger partial charge in [-0.25, -0.2) is 0 Å². The number of anilines is 1. The molecule has 108 valence electrons.